The van der Waals surface area contributed by atoms with Crippen molar-refractivity contribution in [3.63, 3.8) is 0 Å². The molecule has 8 heteroatoms. The van der Waals surface area contributed by atoms with Crippen LogP contribution in [0.25, 0.3) is 0 Å². The molecule has 2 aromatic rings. The normalized spacial score (nSPS) is 22.8. The van der Waals surface area contributed by atoms with Crippen molar-refractivity contribution in [2.45, 2.75) is 97.3 Å². The fourth-order valence-electron chi connectivity index (χ4n) is 7.79. The van der Waals surface area contributed by atoms with E-state index in [4.69, 9.17) is 29.2 Å². The van der Waals surface area contributed by atoms with Gasteiger partial charge in [-0.25, -0.2) is 0 Å². The lowest BCUT2D eigenvalue weighted by atomic mass is 10.0. The Morgan fingerprint density at radius 2 is 1.65 bits per heavy atom. The van der Waals surface area contributed by atoms with Crippen molar-refractivity contribution in [2.24, 2.45) is 11.8 Å². The van der Waals surface area contributed by atoms with Gasteiger partial charge in [-0.3, -0.25) is 4.90 Å². The lowest BCUT2D eigenvalue weighted by Crippen LogP contribution is -2.51. The number of nitrogens with zero attached hydrogens (tertiary/aromatic N) is 4. The van der Waals surface area contributed by atoms with Crippen LogP contribution in [0.2, 0.25) is 0 Å². The van der Waals surface area contributed by atoms with Crippen molar-refractivity contribution in [1.29, 1.82) is 0 Å². The van der Waals surface area contributed by atoms with Crippen LogP contribution < -0.4 is 10.1 Å². The quantitative estimate of drug-likeness (QED) is 0.201. The Bertz CT molecular complexity index is 1260. The second-order valence-corrected chi connectivity index (χ2v) is 15.2. The molecule has 5 rings (SSSR count). The third-order valence-corrected chi connectivity index (χ3v) is 10.8. The first-order valence-electron chi connectivity index (χ1n) is 17.8. The van der Waals surface area contributed by atoms with Gasteiger partial charge in [-0.15, -0.1) is 0 Å². The van der Waals surface area contributed by atoms with Crippen LogP contribution in [-0.4, -0.2) is 99.9 Å². The SMILES string of the molecule is CCOc1ccc(CCN2C(=S)N([C@@H](CC(C)C)CN3CCCC3CN3C(=S)NC[C@@H]3CC(C)C)C[C@@H]2Cc2ccccc2)cc1. The second-order valence-electron chi connectivity index (χ2n) is 14.5. The van der Waals surface area contributed by atoms with E-state index < -0.39 is 0 Å². The smallest absolute Gasteiger partial charge is 0.172 e. The number of benzene rings is 2. The maximum atomic E-state index is 6.39. The van der Waals surface area contributed by atoms with E-state index in [0.717, 1.165) is 74.5 Å². The highest BCUT2D eigenvalue weighted by Gasteiger charge is 2.40. The molecule has 0 radical (unpaired) electrons. The fourth-order valence-corrected chi connectivity index (χ4v) is 8.56. The van der Waals surface area contributed by atoms with Gasteiger partial charge in [0.1, 0.15) is 5.75 Å². The van der Waals surface area contributed by atoms with E-state index in [0.29, 0.717) is 42.6 Å². The summed E-state index contributed by atoms with van der Waals surface area (Å²) in [5, 5.41) is 5.48. The number of thiocarbonyl (C=S) groups is 2. The minimum absolute atomic E-state index is 0.367. The molecule has 3 fully saturated rings. The molecule has 0 bridgehead atoms. The molecule has 0 amide bonds. The summed E-state index contributed by atoms with van der Waals surface area (Å²) >= 11 is 12.2. The molecule has 0 aliphatic carbocycles. The fraction of sp³-hybridized carbons (Fsp3) is 0.632. The average Bonchev–Trinajstić information content (AvgIpc) is 3.70. The molecule has 252 valence electrons. The minimum Gasteiger partial charge on any atom is -0.494 e. The Hall–Kier alpha value is -2.42. The van der Waals surface area contributed by atoms with E-state index >= 15 is 0 Å². The van der Waals surface area contributed by atoms with Gasteiger partial charge in [-0.05, 0) is 112 Å². The van der Waals surface area contributed by atoms with E-state index in [1.807, 2.05) is 6.92 Å². The Morgan fingerprint density at radius 3 is 2.35 bits per heavy atom. The summed E-state index contributed by atoms with van der Waals surface area (Å²) in [5.74, 6) is 2.21. The van der Waals surface area contributed by atoms with Gasteiger partial charge in [0.15, 0.2) is 10.2 Å². The molecule has 46 heavy (non-hydrogen) atoms. The van der Waals surface area contributed by atoms with Crippen LogP contribution in [0.4, 0.5) is 0 Å². The number of likely N-dealkylation sites (tertiary alicyclic amines) is 1. The minimum atomic E-state index is 0.367. The highest BCUT2D eigenvalue weighted by atomic mass is 32.1. The van der Waals surface area contributed by atoms with Gasteiger partial charge in [-0.2, -0.15) is 0 Å². The third-order valence-electron chi connectivity index (χ3n) is 10.00. The van der Waals surface area contributed by atoms with Crippen LogP contribution in [0.5, 0.6) is 5.75 Å². The van der Waals surface area contributed by atoms with Crippen molar-refractivity contribution in [2.75, 3.05) is 45.9 Å². The second kappa shape index (κ2) is 16.6. The average molecular weight is 664 g/mol. The van der Waals surface area contributed by atoms with Crippen molar-refractivity contribution < 1.29 is 4.74 Å². The molecule has 4 atom stereocenters. The Morgan fingerprint density at radius 1 is 0.891 bits per heavy atom. The van der Waals surface area contributed by atoms with Crippen LogP contribution in [0.1, 0.15) is 71.4 Å². The molecule has 6 nitrogen and oxygen atoms in total. The standard InChI is InChI=1S/C38H57N5OS2/c1-6-44-36-16-14-30(15-17-36)18-20-41-35(23-31-11-8-7-9-12-31)27-43(38(41)46)34(22-29(4)5)25-40-19-10-13-32(40)26-42-33(21-28(2)3)24-39-37(42)45/h7-9,11-12,14-17,28-29,32-35H,6,10,13,18-27H2,1-5H3,(H,39,45)/t32?,33-,34-,35-/m0/s1. The zero-order chi connectivity index (χ0) is 32.6. The maximum Gasteiger partial charge on any atom is 0.172 e. The zero-order valence-corrected chi connectivity index (χ0v) is 30.5. The molecule has 3 aliphatic heterocycles. The van der Waals surface area contributed by atoms with E-state index in [2.05, 4.69) is 107 Å². The third kappa shape index (κ3) is 9.13. The molecular weight excluding hydrogens is 607 g/mol. The molecule has 1 N–H and O–H groups in total. The monoisotopic (exact) mass is 663 g/mol. The van der Waals surface area contributed by atoms with Crippen molar-refractivity contribution in [3.8, 4) is 5.75 Å². The van der Waals surface area contributed by atoms with E-state index in [1.54, 1.807) is 0 Å². The Balaban J connectivity index is 1.30. The number of nitrogens with one attached hydrogen (secondary N) is 1. The van der Waals surface area contributed by atoms with Crippen molar-refractivity contribution in [3.05, 3.63) is 65.7 Å². The molecule has 0 spiro atoms. The zero-order valence-electron chi connectivity index (χ0n) is 28.9. The highest BCUT2D eigenvalue weighted by Crippen LogP contribution is 2.29. The number of ether oxygens (including phenoxy) is 1. The lowest BCUT2D eigenvalue weighted by Gasteiger charge is -2.38. The molecule has 0 saturated carbocycles. The number of hydrogen-bond donors (Lipinski definition) is 1. The van der Waals surface area contributed by atoms with Gasteiger partial charge in [0.2, 0.25) is 0 Å². The molecule has 3 saturated heterocycles. The summed E-state index contributed by atoms with van der Waals surface area (Å²) in [7, 11) is 0. The number of hydrogen-bond acceptors (Lipinski definition) is 4. The summed E-state index contributed by atoms with van der Waals surface area (Å²) in [6.45, 7) is 18.3. The first-order valence-corrected chi connectivity index (χ1v) is 18.6. The first-order chi connectivity index (χ1) is 22.2. The maximum absolute atomic E-state index is 6.39. The van der Waals surface area contributed by atoms with E-state index in [-0.39, 0.29) is 0 Å². The number of rotatable bonds is 16. The largest absolute Gasteiger partial charge is 0.494 e. The summed E-state index contributed by atoms with van der Waals surface area (Å²) in [6.07, 6.45) is 6.82. The predicted octanol–water partition coefficient (Wildman–Crippen LogP) is 6.63. The molecule has 3 heterocycles. The molecule has 2 aromatic carbocycles. The van der Waals surface area contributed by atoms with Crippen LogP contribution in [-0.2, 0) is 12.8 Å². The summed E-state index contributed by atoms with van der Waals surface area (Å²) in [6, 6.07) is 21.4. The van der Waals surface area contributed by atoms with E-state index in [9.17, 15) is 0 Å². The Labute approximate surface area is 289 Å². The van der Waals surface area contributed by atoms with Gasteiger partial charge in [0.05, 0.1) is 12.6 Å². The molecule has 1 unspecified atom stereocenters. The summed E-state index contributed by atoms with van der Waals surface area (Å²) in [4.78, 5) is 10.4. The highest BCUT2D eigenvalue weighted by molar-refractivity contribution is 7.80. The van der Waals surface area contributed by atoms with Crippen molar-refractivity contribution in [1.82, 2.24) is 24.9 Å². The summed E-state index contributed by atoms with van der Waals surface area (Å²) in [5.41, 5.74) is 2.71. The van der Waals surface area contributed by atoms with Crippen LogP contribution in [0.15, 0.2) is 54.6 Å². The van der Waals surface area contributed by atoms with Gasteiger partial charge < -0.3 is 24.8 Å². The van der Waals surface area contributed by atoms with Gasteiger partial charge in [-0.1, -0.05) is 70.2 Å². The van der Waals surface area contributed by atoms with Crippen LogP contribution in [0.3, 0.4) is 0 Å². The molecule has 0 aromatic heterocycles. The van der Waals surface area contributed by atoms with Crippen molar-refractivity contribution >= 4 is 34.7 Å². The summed E-state index contributed by atoms with van der Waals surface area (Å²) < 4.78 is 5.68. The van der Waals surface area contributed by atoms with Gasteiger partial charge >= 0.3 is 0 Å². The molecule has 3 aliphatic rings. The van der Waals surface area contributed by atoms with Gasteiger partial charge in [0, 0.05) is 50.8 Å². The molecular formula is C38H57N5OS2. The van der Waals surface area contributed by atoms with Crippen LogP contribution >= 0.6 is 24.4 Å². The first kappa shape index (κ1) is 34.9. The van der Waals surface area contributed by atoms with Crippen LogP contribution in [0, 0.1) is 11.8 Å². The van der Waals surface area contributed by atoms with Gasteiger partial charge in [0.25, 0.3) is 0 Å². The van der Waals surface area contributed by atoms with E-state index in [1.165, 1.54) is 30.4 Å². The lowest BCUT2D eigenvalue weighted by molar-refractivity contribution is 0.147. The predicted molar refractivity (Wildman–Crippen MR) is 200 cm³/mol. The topological polar surface area (TPSA) is 34.2 Å². The Kier molecular flexibility index (Phi) is 12.6.